The Kier molecular flexibility index (Phi) is 4.64. The average Bonchev–Trinajstić information content (AvgIpc) is 3.18. The number of anilines is 1. The van der Waals surface area contributed by atoms with Gasteiger partial charge in [0.15, 0.2) is 5.13 Å². The third-order valence-electron chi connectivity index (χ3n) is 3.95. The van der Waals surface area contributed by atoms with Crippen LogP contribution in [-0.4, -0.2) is 35.9 Å². The van der Waals surface area contributed by atoms with Crippen LogP contribution in [0.25, 0.3) is 0 Å². The van der Waals surface area contributed by atoms with E-state index >= 15 is 0 Å². The van der Waals surface area contributed by atoms with Crippen molar-refractivity contribution in [2.75, 3.05) is 25.5 Å². The highest BCUT2D eigenvalue weighted by molar-refractivity contribution is 7.13. The number of aromatic nitrogens is 1. The van der Waals surface area contributed by atoms with Gasteiger partial charge in [-0.25, -0.2) is 4.98 Å². The molecule has 1 unspecified atom stereocenters. The van der Waals surface area contributed by atoms with Gasteiger partial charge in [-0.05, 0) is 36.5 Å². The standard InChI is InChI=1S/C16H18ClN3OS/c1-18-16-19-14(10-22-16)15(21)20-7-6-12(9-20)8-11-2-4-13(17)5-3-11/h2-5,10,12H,6-9H2,1H3,(H,18,19). The first kappa shape index (κ1) is 15.3. The number of carbonyl (C=O) groups is 1. The van der Waals surface area contributed by atoms with Gasteiger partial charge in [0, 0.05) is 30.5 Å². The summed E-state index contributed by atoms with van der Waals surface area (Å²) in [5.41, 5.74) is 1.82. The monoisotopic (exact) mass is 335 g/mol. The summed E-state index contributed by atoms with van der Waals surface area (Å²) in [7, 11) is 1.81. The summed E-state index contributed by atoms with van der Waals surface area (Å²) in [6, 6.07) is 7.96. The maximum atomic E-state index is 12.4. The lowest BCUT2D eigenvalue weighted by Crippen LogP contribution is -2.29. The number of nitrogens with zero attached hydrogens (tertiary/aromatic N) is 2. The van der Waals surface area contributed by atoms with Crippen molar-refractivity contribution in [2.24, 2.45) is 5.92 Å². The summed E-state index contributed by atoms with van der Waals surface area (Å²) >= 11 is 7.37. The minimum Gasteiger partial charge on any atom is -0.365 e. The van der Waals surface area contributed by atoms with Crippen LogP contribution in [0.2, 0.25) is 5.02 Å². The fraction of sp³-hybridized carbons (Fsp3) is 0.375. The highest BCUT2D eigenvalue weighted by Crippen LogP contribution is 2.24. The van der Waals surface area contributed by atoms with E-state index < -0.39 is 0 Å². The Labute approximate surface area is 139 Å². The van der Waals surface area contributed by atoms with E-state index in [9.17, 15) is 4.79 Å². The molecule has 1 atom stereocenters. The first-order chi connectivity index (χ1) is 10.7. The third-order valence-corrected chi connectivity index (χ3v) is 5.06. The Balaban J connectivity index is 1.59. The number of halogens is 1. The van der Waals surface area contributed by atoms with Gasteiger partial charge in [-0.15, -0.1) is 11.3 Å². The molecule has 22 heavy (non-hydrogen) atoms. The van der Waals surface area contributed by atoms with Crippen molar-refractivity contribution in [1.29, 1.82) is 0 Å². The predicted octanol–water partition coefficient (Wildman–Crippen LogP) is 3.54. The average molecular weight is 336 g/mol. The molecular weight excluding hydrogens is 318 g/mol. The summed E-state index contributed by atoms with van der Waals surface area (Å²) in [5, 5.41) is 6.32. The molecule has 116 valence electrons. The van der Waals surface area contributed by atoms with Crippen LogP contribution in [0.15, 0.2) is 29.6 Å². The molecule has 1 aliphatic heterocycles. The normalized spacial score (nSPS) is 17.7. The number of nitrogens with one attached hydrogen (secondary N) is 1. The zero-order valence-electron chi connectivity index (χ0n) is 12.4. The molecule has 1 saturated heterocycles. The largest absolute Gasteiger partial charge is 0.365 e. The molecule has 1 aromatic carbocycles. The molecule has 2 heterocycles. The minimum atomic E-state index is 0.0383. The van der Waals surface area contributed by atoms with E-state index in [4.69, 9.17) is 11.6 Å². The number of amides is 1. The highest BCUT2D eigenvalue weighted by atomic mass is 35.5. The number of hydrogen-bond acceptors (Lipinski definition) is 4. The van der Waals surface area contributed by atoms with Crippen molar-refractivity contribution in [1.82, 2.24) is 9.88 Å². The lowest BCUT2D eigenvalue weighted by atomic mass is 9.99. The summed E-state index contributed by atoms with van der Waals surface area (Å²) < 4.78 is 0. The fourth-order valence-corrected chi connectivity index (χ4v) is 3.56. The zero-order valence-corrected chi connectivity index (χ0v) is 14.0. The second-order valence-corrected chi connectivity index (χ2v) is 6.82. The first-order valence-corrected chi connectivity index (χ1v) is 8.58. The molecule has 1 N–H and O–H groups in total. The smallest absolute Gasteiger partial charge is 0.273 e. The summed E-state index contributed by atoms with van der Waals surface area (Å²) in [6.07, 6.45) is 2.02. The molecular formula is C16H18ClN3OS. The SMILES string of the molecule is CNc1nc(C(=O)N2CCC(Cc3ccc(Cl)cc3)C2)cs1. The Morgan fingerprint density at radius 1 is 1.45 bits per heavy atom. The maximum absolute atomic E-state index is 12.4. The second kappa shape index (κ2) is 6.67. The van der Waals surface area contributed by atoms with E-state index in [1.807, 2.05) is 29.5 Å². The van der Waals surface area contributed by atoms with Crippen molar-refractivity contribution in [3.8, 4) is 0 Å². The zero-order chi connectivity index (χ0) is 15.5. The molecule has 0 aliphatic carbocycles. The van der Waals surface area contributed by atoms with E-state index in [0.29, 0.717) is 11.6 Å². The summed E-state index contributed by atoms with van der Waals surface area (Å²) in [6.45, 7) is 1.61. The van der Waals surface area contributed by atoms with Crippen LogP contribution in [0.3, 0.4) is 0 Å². The lowest BCUT2D eigenvalue weighted by Gasteiger charge is -2.15. The summed E-state index contributed by atoms with van der Waals surface area (Å²) in [5.74, 6) is 0.545. The van der Waals surface area contributed by atoms with Crippen molar-refractivity contribution in [3.63, 3.8) is 0 Å². The van der Waals surface area contributed by atoms with Crippen molar-refractivity contribution < 1.29 is 4.79 Å². The molecule has 6 heteroatoms. The van der Waals surface area contributed by atoms with Crippen LogP contribution in [0.1, 0.15) is 22.5 Å². The maximum Gasteiger partial charge on any atom is 0.273 e. The van der Waals surface area contributed by atoms with Crippen LogP contribution in [0.5, 0.6) is 0 Å². The predicted molar refractivity (Wildman–Crippen MR) is 90.8 cm³/mol. The van der Waals surface area contributed by atoms with Crippen LogP contribution in [0, 0.1) is 5.92 Å². The highest BCUT2D eigenvalue weighted by Gasteiger charge is 2.28. The van der Waals surface area contributed by atoms with Crippen molar-refractivity contribution >= 4 is 34.0 Å². The van der Waals surface area contributed by atoms with Crippen LogP contribution in [0.4, 0.5) is 5.13 Å². The van der Waals surface area contributed by atoms with Gasteiger partial charge in [-0.3, -0.25) is 4.79 Å². The van der Waals surface area contributed by atoms with E-state index in [-0.39, 0.29) is 5.91 Å². The lowest BCUT2D eigenvalue weighted by molar-refractivity contribution is 0.0782. The van der Waals surface area contributed by atoms with E-state index in [0.717, 1.165) is 36.1 Å². The number of thiazole rings is 1. The molecule has 1 amide bonds. The van der Waals surface area contributed by atoms with Gasteiger partial charge in [0.1, 0.15) is 5.69 Å². The van der Waals surface area contributed by atoms with Crippen molar-refractivity contribution in [3.05, 3.63) is 45.9 Å². The Morgan fingerprint density at radius 2 is 2.23 bits per heavy atom. The minimum absolute atomic E-state index is 0.0383. The Morgan fingerprint density at radius 3 is 2.91 bits per heavy atom. The molecule has 1 aliphatic rings. The molecule has 1 aromatic heterocycles. The molecule has 1 fully saturated rings. The molecule has 2 aromatic rings. The van der Waals surface area contributed by atoms with Gasteiger partial charge in [0.2, 0.25) is 0 Å². The van der Waals surface area contributed by atoms with E-state index in [1.54, 1.807) is 0 Å². The van der Waals surface area contributed by atoms with Crippen LogP contribution >= 0.6 is 22.9 Å². The van der Waals surface area contributed by atoms with Gasteiger partial charge in [-0.1, -0.05) is 23.7 Å². The summed E-state index contributed by atoms with van der Waals surface area (Å²) in [4.78, 5) is 18.6. The first-order valence-electron chi connectivity index (χ1n) is 7.32. The van der Waals surface area contributed by atoms with Gasteiger partial charge in [0.05, 0.1) is 0 Å². The number of hydrogen-bond donors (Lipinski definition) is 1. The molecule has 0 saturated carbocycles. The third kappa shape index (κ3) is 3.42. The Hall–Kier alpha value is -1.59. The number of benzene rings is 1. The van der Waals surface area contributed by atoms with Gasteiger partial charge in [-0.2, -0.15) is 0 Å². The van der Waals surface area contributed by atoms with Crippen LogP contribution < -0.4 is 5.32 Å². The quantitative estimate of drug-likeness (QED) is 0.929. The van der Waals surface area contributed by atoms with Crippen LogP contribution in [-0.2, 0) is 6.42 Å². The van der Waals surface area contributed by atoms with Crippen molar-refractivity contribution in [2.45, 2.75) is 12.8 Å². The van der Waals surface area contributed by atoms with Gasteiger partial charge in [0.25, 0.3) is 5.91 Å². The number of carbonyl (C=O) groups excluding carboxylic acids is 1. The fourth-order valence-electron chi connectivity index (χ4n) is 2.79. The Bertz CT molecular complexity index is 656. The van der Waals surface area contributed by atoms with E-state index in [2.05, 4.69) is 22.4 Å². The van der Waals surface area contributed by atoms with E-state index in [1.165, 1.54) is 16.9 Å². The molecule has 0 radical (unpaired) electrons. The van der Waals surface area contributed by atoms with Gasteiger partial charge >= 0.3 is 0 Å². The molecule has 3 rings (SSSR count). The van der Waals surface area contributed by atoms with Gasteiger partial charge < -0.3 is 10.2 Å². The second-order valence-electron chi connectivity index (χ2n) is 5.52. The number of rotatable bonds is 4. The molecule has 4 nitrogen and oxygen atoms in total. The molecule has 0 bridgehead atoms. The molecule has 0 spiro atoms. The topological polar surface area (TPSA) is 45.2 Å². The number of likely N-dealkylation sites (tertiary alicyclic amines) is 1.